The van der Waals surface area contributed by atoms with Gasteiger partial charge in [-0.2, -0.15) is 0 Å². The third-order valence-electron chi connectivity index (χ3n) is 5.04. The lowest BCUT2D eigenvalue weighted by Crippen LogP contribution is -2.32. The SMILES string of the molecule is COCCN1C(=O)c2oc3ccc(F)cc3c(=O)c2[C@@H]1c1ccc(OCC(N)=O)cc1. The summed E-state index contributed by atoms with van der Waals surface area (Å²) in [5, 5.41) is 0.0616. The van der Waals surface area contributed by atoms with Crippen LogP contribution in [0.3, 0.4) is 0 Å². The number of nitrogens with two attached hydrogens (primary N) is 1. The molecule has 0 saturated carbocycles. The standard InChI is InChI=1S/C22H19FN2O6/c1-29-9-8-25-19(12-2-5-14(6-3-12)30-11-17(24)26)18-20(27)15-10-13(23)4-7-16(15)31-21(18)22(25)28/h2-7,10,19H,8-9,11H2,1H3,(H2,24,26)/t19-/m0/s1. The van der Waals surface area contributed by atoms with Crippen LogP contribution in [0.25, 0.3) is 11.0 Å². The lowest BCUT2D eigenvalue weighted by atomic mass is 9.98. The van der Waals surface area contributed by atoms with Crippen molar-refractivity contribution in [1.82, 2.24) is 4.90 Å². The fourth-order valence-electron chi connectivity index (χ4n) is 3.66. The van der Waals surface area contributed by atoms with Crippen LogP contribution < -0.4 is 15.9 Å². The number of hydrogen-bond donors (Lipinski definition) is 1. The quantitative estimate of drug-likeness (QED) is 0.618. The molecule has 31 heavy (non-hydrogen) atoms. The molecule has 0 unspecified atom stereocenters. The minimum absolute atomic E-state index is 0.0616. The largest absolute Gasteiger partial charge is 0.484 e. The van der Waals surface area contributed by atoms with Crippen molar-refractivity contribution < 1.29 is 27.9 Å². The van der Waals surface area contributed by atoms with Gasteiger partial charge in [0.2, 0.25) is 5.76 Å². The first-order valence-electron chi connectivity index (χ1n) is 9.48. The first-order valence-corrected chi connectivity index (χ1v) is 9.48. The molecular formula is C22H19FN2O6. The van der Waals surface area contributed by atoms with Crippen LogP contribution in [0.2, 0.25) is 0 Å². The first-order chi connectivity index (χ1) is 14.9. The molecule has 1 aromatic heterocycles. The summed E-state index contributed by atoms with van der Waals surface area (Å²) >= 11 is 0. The Bertz CT molecular complexity index is 1220. The van der Waals surface area contributed by atoms with Crippen LogP contribution >= 0.6 is 0 Å². The van der Waals surface area contributed by atoms with Gasteiger partial charge in [-0.1, -0.05) is 12.1 Å². The minimum Gasteiger partial charge on any atom is -0.484 e. The molecule has 160 valence electrons. The topological polar surface area (TPSA) is 112 Å². The fourth-order valence-corrected chi connectivity index (χ4v) is 3.66. The molecule has 0 aliphatic carbocycles. The molecule has 2 aromatic carbocycles. The van der Waals surface area contributed by atoms with Gasteiger partial charge >= 0.3 is 0 Å². The Morgan fingerprint density at radius 1 is 1.19 bits per heavy atom. The normalized spacial score (nSPS) is 15.4. The van der Waals surface area contributed by atoms with E-state index in [1.165, 1.54) is 24.1 Å². The van der Waals surface area contributed by atoms with Crippen LogP contribution in [-0.2, 0) is 9.53 Å². The highest BCUT2D eigenvalue weighted by Gasteiger charge is 2.42. The van der Waals surface area contributed by atoms with Crippen LogP contribution in [0.4, 0.5) is 4.39 Å². The molecule has 0 spiro atoms. The van der Waals surface area contributed by atoms with E-state index in [9.17, 15) is 18.8 Å². The van der Waals surface area contributed by atoms with Gasteiger partial charge < -0.3 is 24.5 Å². The third-order valence-corrected chi connectivity index (χ3v) is 5.04. The summed E-state index contributed by atoms with van der Waals surface area (Å²) in [6.45, 7) is 0.192. The monoisotopic (exact) mass is 426 g/mol. The Labute approximate surface area is 176 Å². The Hall–Kier alpha value is -3.72. The summed E-state index contributed by atoms with van der Waals surface area (Å²) in [6.07, 6.45) is 0. The molecule has 3 aromatic rings. The van der Waals surface area contributed by atoms with Crippen molar-refractivity contribution in [2.24, 2.45) is 5.73 Å². The summed E-state index contributed by atoms with van der Waals surface area (Å²) in [5.41, 5.74) is 5.52. The minimum atomic E-state index is -0.744. The number of carbonyl (C=O) groups is 2. The summed E-state index contributed by atoms with van der Waals surface area (Å²) in [7, 11) is 1.51. The van der Waals surface area contributed by atoms with E-state index < -0.39 is 29.1 Å². The molecule has 9 heteroatoms. The van der Waals surface area contributed by atoms with Gasteiger partial charge in [0.05, 0.1) is 23.6 Å². The van der Waals surface area contributed by atoms with Gasteiger partial charge in [-0.3, -0.25) is 14.4 Å². The number of hydrogen-bond acceptors (Lipinski definition) is 6. The second kappa shape index (κ2) is 8.19. The van der Waals surface area contributed by atoms with Crippen LogP contribution in [-0.4, -0.2) is 43.6 Å². The zero-order chi connectivity index (χ0) is 22.1. The number of methoxy groups -OCH3 is 1. The van der Waals surface area contributed by atoms with E-state index in [1.807, 2.05) is 0 Å². The van der Waals surface area contributed by atoms with Crippen LogP contribution in [0, 0.1) is 5.82 Å². The van der Waals surface area contributed by atoms with Crippen LogP contribution in [0.5, 0.6) is 5.75 Å². The Morgan fingerprint density at radius 3 is 2.61 bits per heavy atom. The third kappa shape index (κ3) is 3.75. The van der Waals surface area contributed by atoms with Crippen LogP contribution in [0.15, 0.2) is 51.7 Å². The zero-order valence-corrected chi connectivity index (χ0v) is 16.6. The van der Waals surface area contributed by atoms with Crippen molar-refractivity contribution in [3.63, 3.8) is 0 Å². The highest BCUT2D eigenvalue weighted by Crippen LogP contribution is 2.38. The predicted molar refractivity (Wildman–Crippen MR) is 108 cm³/mol. The van der Waals surface area contributed by atoms with Crippen molar-refractivity contribution >= 4 is 22.8 Å². The predicted octanol–water partition coefficient (Wildman–Crippen LogP) is 1.99. The summed E-state index contributed by atoms with van der Waals surface area (Å²) in [4.78, 5) is 38.7. The first kappa shape index (κ1) is 20.5. The molecule has 2 heterocycles. The molecule has 1 aliphatic heterocycles. The summed E-state index contributed by atoms with van der Waals surface area (Å²) in [5.74, 6) is -1.30. The van der Waals surface area contributed by atoms with Crippen molar-refractivity contribution in [3.05, 3.63) is 75.4 Å². The number of carbonyl (C=O) groups excluding carboxylic acids is 2. The van der Waals surface area contributed by atoms with Crippen molar-refractivity contribution in [1.29, 1.82) is 0 Å². The van der Waals surface area contributed by atoms with E-state index in [1.54, 1.807) is 24.3 Å². The number of ether oxygens (including phenoxy) is 2. The number of rotatable bonds is 7. The average molecular weight is 426 g/mol. The van der Waals surface area contributed by atoms with E-state index in [4.69, 9.17) is 19.6 Å². The summed E-state index contributed by atoms with van der Waals surface area (Å²) in [6, 6.07) is 9.43. The lowest BCUT2D eigenvalue weighted by molar-refractivity contribution is -0.119. The molecule has 1 aliphatic rings. The van der Waals surface area contributed by atoms with E-state index in [-0.39, 0.29) is 42.1 Å². The number of amides is 2. The maximum atomic E-state index is 13.8. The fraction of sp³-hybridized carbons (Fsp3) is 0.227. The van der Waals surface area contributed by atoms with E-state index in [0.29, 0.717) is 11.3 Å². The van der Waals surface area contributed by atoms with Crippen molar-refractivity contribution in [3.8, 4) is 5.75 Å². The number of nitrogens with zero attached hydrogens (tertiary/aromatic N) is 1. The molecule has 0 fully saturated rings. The van der Waals surface area contributed by atoms with Gasteiger partial charge in [0.25, 0.3) is 11.8 Å². The summed E-state index contributed by atoms with van der Waals surface area (Å²) < 4.78 is 29.9. The highest BCUT2D eigenvalue weighted by molar-refractivity contribution is 5.99. The van der Waals surface area contributed by atoms with Crippen LogP contribution in [0.1, 0.15) is 27.7 Å². The molecule has 1 atom stereocenters. The highest BCUT2D eigenvalue weighted by atomic mass is 19.1. The van der Waals surface area contributed by atoms with Crippen molar-refractivity contribution in [2.75, 3.05) is 26.9 Å². The van der Waals surface area contributed by atoms with Gasteiger partial charge in [0, 0.05) is 13.7 Å². The van der Waals surface area contributed by atoms with Gasteiger partial charge in [0.1, 0.15) is 17.1 Å². The molecule has 2 N–H and O–H groups in total. The molecule has 4 rings (SSSR count). The Morgan fingerprint density at radius 2 is 1.94 bits per heavy atom. The maximum Gasteiger partial charge on any atom is 0.290 e. The van der Waals surface area contributed by atoms with E-state index >= 15 is 0 Å². The number of fused-ring (bicyclic) bond motifs is 2. The second-order valence-corrected chi connectivity index (χ2v) is 7.03. The molecular weight excluding hydrogens is 407 g/mol. The van der Waals surface area contributed by atoms with E-state index in [0.717, 1.165) is 6.07 Å². The van der Waals surface area contributed by atoms with Gasteiger partial charge in [-0.15, -0.1) is 0 Å². The Kier molecular flexibility index (Phi) is 5.43. The zero-order valence-electron chi connectivity index (χ0n) is 16.6. The number of primary amides is 1. The number of benzene rings is 2. The lowest BCUT2D eigenvalue weighted by Gasteiger charge is -2.25. The second-order valence-electron chi connectivity index (χ2n) is 7.03. The average Bonchev–Trinajstić information content (AvgIpc) is 3.03. The van der Waals surface area contributed by atoms with Gasteiger partial charge in [0.15, 0.2) is 12.0 Å². The van der Waals surface area contributed by atoms with Crippen molar-refractivity contribution in [2.45, 2.75) is 6.04 Å². The molecule has 8 nitrogen and oxygen atoms in total. The molecule has 0 saturated heterocycles. The van der Waals surface area contributed by atoms with E-state index in [2.05, 4.69) is 0 Å². The molecule has 0 radical (unpaired) electrons. The maximum absolute atomic E-state index is 13.8. The Balaban J connectivity index is 1.82. The smallest absolute Gasteiger partial charge is 0.290 e. The number of halogens is 1. The molecule has 0 bridgehead atoms. The molecule has 2 amide bonds. The van der Waals surface area contributed by atoms with Gasteiger partial charge in [-0.25, -0.2) is 4.39 Å². The van der Waals surface area contributed by atoms with Gasteiger partial charge in [-0.05, 0) is 35.9 Å².